The first-order valence-corrected chi connectivity index (χ1v) is 9.28. The van der Waals surface area contributed by atoms with Crippen molar-refractivity contribution < 1.29 is 0 Å². The van der Waals surface area contributed by atoms with E-state index in [1.807, 2.05) is 24.4 Å². The highest BCUT2D eigenvalue weighted by molar-refractivity contribution is 5.94. The summed E-state index contributed by atoms with van der Waals surface area (Å²) in [6, 6.07) is 12.3. The van der Waals surface area contributed by atoms with E-state index in [1.165, 1.54) is 16.8 Å². The van der Waals surface area contributed by atoms with E-state index >= 15 is 0 Å². The van der Waals surface area contributed by atoms with Crippen molar-refractivity contribution in [2.24, 2.45) is 0 Å². The SMILES string of the molecule is Cc1cccc(-c2nc3c4c(C)c(C)n(Cc5cccnc5)c4ncn3n2)c1. The Bertz CT molecular complexity index is 1310. The fourth-order valence-electron chi connectivity index (χ4n) is 3.70. The van der Waals surface area contributed by atoms with Crippen molar-refractivity contribution in [3.63, 3.8) is 0 Å². The van der Waals surface area contributed by atoms with Gasteiger partial charge in [0.25, 0.3) is 0 Å². The zero-order valence-electron chi connectivity index (χ0n) is 16.1. The number of fused-ring (bicyclic) bond motifs is 3. The van der Waals surface area contributed by atoms with Crippen LogP contribution in [-0.4, -0.2) is 29.1 Å². The van der Waals surface area contributed by atoms with E-state index in [0.29, 0.717) is 0 Å². The van der Waals surface area contributed by atoms with Crippen LogP contribution in [0.15, 0.2) is 55.1 Å². The van der Waals surface area contributed by atoms with Crippen molar-refractivity contribution in [2.75, 3.05) is 0 Å². The molecule has 5 aromatic rings. The topological polar surface area (TPSA) is 60.9 Å². The molecule has 0 amide bonds. The number of hydrogen-bond donors (Lipinski definition) is 0. The summed E-state index contributed by atoms with van der Waals surface area (Å²) < 4.78 is 4.00. The Labute approximate surface area is 162 Å². The normalized spacial score (nSPS) is 11.5. The first-order chi connectivity index (χ1) is 13.6. The summed E-state index contributed by atoms with van der Waals surface area (Å²) in [6.07, 6.45) is 5.44. The quantitative estimate of drug-likeness (QED) is 0.481. The minimum absolute atomic E-state index is 0.718. The molecule has 138 valence electrons. The molecule has 0 unspecified atom stereocenters. The highest BCUT2D eigenvalue weighted by Crippen LogP contribution is 2.28. The molecular weight excluding hydrogens is 348 g/mol. The van der Waals surface area contributed by atoms with E-state index in [2.05, 4.69) is 53.6 Å². The van der Waals surface area contributed by atoms with E-state index in [-0.39, 0.29) is 0 Å². The van der Waals surface area contributed by atoms with Crippen molar-refractivity contribution in [1.82, 2.24) is 29.1 Å². The lowest BCUT2D eigenvalue weighted by Gasteiger charge is -2.07. The molecule has 0 aliphatic rings. The van der Waals surface area contributed by atoms with Crippen molar-refractivity contribution in [1.29, 1.82) is 0 Å². The highest BCUT2D eigenvalue weighted by Gasteiger charge is 2.18. The molecule has 5 rings (SSSR count). The average molecular weight is 368 g/mol. The minimum Gasteiger partial charge on any atom is -0.325 e. The largest absolute Gasteiger partial charge is 0.325 e. The fraction of sp³-hybridized carbons (Fsp3) is 0.182. The first-order valence-electron chi connectivity index (χ1n) is 9.28. The molecule has 0 atom stereocenters. The van der Waals surface area contributed by atoms with Gasteiger partial charge in [-0.15, -0.1) is 5.10 Å². The monoisotopic (exact) mass is 368 g/mol. The van der Waals surface area contributed by atoms with Crippen molar-refractivity contribution >= 4 is 16.7 Å². The van der Waals surface area contributed by atoms with Crippen LogP contribution in [0.5, 0.6) is 0 Å². The van der Waals surface area contributed by atoms with Crippen molar-refractivity contribution in [3.05, 3.63) is 77.5 Å². The summed E-state index contributed by atoms with van der Waals surface area (Å²) in [5.41, 5.74) is 7.47. The molecule has 0 N–H and O–H groups in total. The number of rotatable bonds is 3. The Kier molecular flexibility index (Phi) is 3.72. The van der Waals surface area contributed by atoms with Crippen LogP contribution < -0.4 is 0 Å². The second-order valence-corrected chi connectivity index (χ2v) is 7.17. The maximum absolute atomic E-state index is 4.86. The number of benzene rings is 1. The highest BCUT2D eigenvalue weighted by atomic mass is 15.3. The van der Waals surface area contributed by atoms with Gasteiger partial charge in [-0.1, -0.05) is 29.8 Å². The molecule has 6 nitrogen and oxygen atoms in total. The maximum Gasteiger partial charge on any atom is 0.182 e. The van der Waals surface area contributed by atoms with Gasteiger partial charge in [0.2, 0.25) is 0 Å². The fourth-order valence-corrected chi connectivity index (χ4v) is 3.70. The second kappa shape index (κ2) is 6.27. The van der Waals surface area contributed by atoms with Gasteiger partial charge in [-0.05, 0) is 44.0 Å². The van der Waals surface area contributed by atoms with Gasteiger partial charge in [-0.2, -0.15) is 0 Å². The minimum atomic E-state index is 0.718. The predicted molar refractivity (Wildman–Crippen MR) is 109 cm³/mol. The molecule has 0 aliphatic carbocycles. The molecule has 0 aliphatic heterocycles. The molecule has 0 radical (unpaired) electrons. The summed E-state index contributed by atoms with van der Waals surface area (Å²) in [7, 11) is 0. The third-order valence-corrected chi connectivity index (χ3v) is 5.29. The molecule has 6 heteroatoms. The third kappa shape index (κ3) is 2.57. The second-order valence-electron chi connectivity index (χ2n) is 7.17. The summed E-state index contributed by atoms with van der Waals surface area (Å²) in [4.78, 5) is 13.8. The molecule has 4 heterocycles. The Balaban J connectivity index is 1.71. The Hall–Kier alpha value is -3.54. The van der Waals surface area contributed by atoms with Gasteiger partial charge in [0.05, 0.1) is 11.9 Å². The first kappa shape index (κ1) is 16.6. The summed E-state index contributed by atoms with van der Waals surface area (Å²) in [5.74, 6) is 0.718. The molecule has 0 fully saturated rings. The lowest BCUT2D eigenvalue weighted by atomic mass is 10.1. The number of pyridine rings is 1. The van der Waals surface area contributed by atoms with Crippen molar-refractivity contribution in [3.8, 4) is 11.4 Å². The van der Waals surface area contributed by atoms with E-state index in [0.717, 1.165) is 40.2 Å². The molecule has 0 saturated heterocycles. The van der Waals surface area contributed by atoms with Gasteiger partial charge in [0.15, 0.2) is 11.5 Å². The smallest absolute Gasteiger partial charge is 0.182 e. The number of nitrogens with zero attached hydrogens (tertiary/aromatic N) is 6. The van der Waals surface area contributed by atoms with Crippen LogP contribution in [0.3, 0.4) is 0 Å². The molecule has 28 heavy (non-hydrogen) atoms. The van der Waals surface area contributed by atoms with Gasteiger partial charge >= 0.3 is 0 Å². The van der Waals surface area contributed by atoms with Gasteiger partial charge in [0, 0.05) is 23.7 Å². The lowest BCUT2D eigenvalue weighted by Crippen LogP contribution is -2.03. The van der Waals surface area contributed by atoms with Crippen LogP contribution >= 0.6 is 0 Å². The Morgan fingerprint density at radius 2 is 1.89 bits per heavy atom. The van der Waals surface area contributed by atoms with Crippen LogP contribution in [-0.2, 0) is 6.54 Å². The van der Waals surface area contributed by atoms with Gasteiger partial charge < -0.3 is 4.57 Å². The molecule has 0 saturated carbocycles. The summed E-state index contributed by atoms with van der Waals surface area (Å²) in [5, 5.41) is 5.71. The standard InChI is InChI=1S/C22H20N6/c1-14-6-4-8-18(10-14)20-25-22-19-15(2)16(3)27(12-17-7-5-9-23-11-17)21(19)24-13-28(22)26-20/h4-11,13H,12H2,1-3H3. The molecule has 0 bridgehead atoms. The van der Waals surface area contributed by atoms with E-state index in [4.69, 9.17) is 9.97 Å². The number of aromatic nitrogens is 6. The van der Waals surface area contributed by atoms with E-state index in [9.17, 15) is 0 Å². The lowest BCUT2D eigenvalue weighted by molar-refractivity contribution is 0.783. The summed E-state index contributed by atoms with van der Waals surface area (Å²) in [6.45, 7) is 7.05. The molecule has 1 aromatic carbocycles. The molecular formula is C22H20N6. The molecule has 0 spiro atoms. The van der Waals surface area contributed by atoms with Crippen LogP contribution in [0.4, 0.5) is 0 Å². The maximum atomic E-state index is 4.86. The molecule has 4 aromatic heterocycles. The van der Waals surface area contributed by atoms with Crippen molar-refractivity contribution in [2.45, 2.75) is 27.3 Å². The number of aryl methyl sites for hydroxylation is 2. The average Bonchev–Trinajstić information content (AvgIpc) is 3.24. The zero-order valence-corrected chi connectivity index (χ0v) is 16.1. The van der Waals surface area contributed by atoms with E-state index < -0.39 is 0 Å². The number of hydrogen-bond acceptors (Lipinski definition) is 4. The third-order valence-electron chi connectivity index (χ3n) is 5.29. The van der Waals surface area contributed by atoms with Crippen LogP contribution in [0.1, 0.15) is 22.4 Å². The zero-order chi connectivity index (χ0) is 19.3. The Morgan fingerprint density at radius 3 is 2.68 bits per heavy atom. The van der Waals surface area contributed by atoms with Crippen LogP contribution in [0, 0.1) is 20.8 Å². The van der Waals surface area contributed by atoms with Gasteiger partial charge in [-0.3, -0.25) is 4.98 Å². The van der Waals surface area contributed by atoms with Gasteiger partial charge in [-0.25, -0.2) is 14.5 Å². The van der Waals surface area contributed by atoms with Crippen LogP contribution in [0.2, 0.25) is 0 Å². The Morgan fingerprint density at radius 1 is 1.00 bits per heavy atom. The van der Waals surface area contributed by atoms with Gasteiger partial charge in [0.1, 0.15) is 12.0 Å². The van der Waals surface area contributed by atoms with E-state index in [1.54, 1.807) is 17.0 Å². The van der Waals surface area contributed by atoms with Crippen LogP contribution in [0.25, 0.3) is 28.1 Å². The predicted octanol–water partition coefficient (Wildman–Crippen LogP) is 4.11. The summed E-state index contributed by atoms with van der Waals surface area (Å²) >= 11 is 0.